The van der Waals surface area contributed by atoms with E-state index in [9.17, 15) is 18.0 Å². The van der Waals surface area contributed by atoms with E-state index in [2.05, 4.69) is 10.0 Å². The van der Waals surface area contributed by atoms with Gasteiger partial charge in [0.1, 0.15) is 0 Å². The van der Waals surface area contributed by atoms with Crippen LogP contribution in [0.25, 0.3) is 10.8 Å². The summed E-state index contributed by atoms with van der Waals surface area (Å²) in [5.41, 5.74) is 1.94. The smallest absolute Gasteiger partial charge is 0.409 e. The van der Waals surface area contributed by atoms with Gasteiger partial charge in [0.05, 0.1) is 11.5 Å². The molecule has 3 aromatic carbocycles. The Labute approximate surface area is 218 Å². The second kappa shape index (κ2) is 10.9. The molecule has 3 aromatic rings. The molecule has 0 aromatic heterocycles. The number of aryl methyl sites for hydroxylation is 1. The number of nitrogens with one attached hydrogen (secondary N) is 2. The fraction of sp³-hybridized carbons (Fsp3) is 0.357. The minimum atomic E-state index is -3.90. The Morgan fingerprint density at radius 2 is 1.57 bits per heavy atom. The highest BCUT2D eigenvalue weighted by Crippen LogP contribution is 2.31. The van der Waals surface area contributed by atoms with Crippen molar-refractivity contribution in [1.82, 2.24) is 9.62 Å². The third-order valence-electron chi connectivity index (χ3n) is 6.87. The molecule has 2 amide bonds. The number of carbonyl (C=O) groups excluding carboxylic acids is 2. The van der Waals surface area contributed by atoms with Crippen LogP contribution >= 0.6 is 0 Å². The van der Waals surface area contributed by atoms with Gasteiger partial charge in [0, 0.05) is 41.2 Å². The fourth-order valence-corrected chi connectivity index (χ4v) is 6.69. The maximum atomic E-state index is 13.6. The van der Waals surface area contributed by atoms with E-state index in [1.807, 2.05) is 39.0 Å². The van der Waals surface area contributed by atoms with Crippen LogP contribution in [0.5, 0.6) is 0 Å². The Bertz CT molecular complexity index is 1410. The molecule has 8 nitrogen and oxygen atoms in total. The second-order valence-corrected chi connectivity index (χ2v) is 11.3. The Hall–Kier alpha value is -3.43. The molecule has 196 valence electrons. The van der Waals surface area contributed by atoms with Crippen molar-refractivity contribution in [1.29, 1.82) is 0 Å². The molecule has 0 spiro atoms. The Balaban J connectivity index is 1.60. The standard InChI is InChI=1S/C28H33N3O5S/c1-5-36-28(33)31-16-19(3)26(20(4)17-31)30-37(34,35)25-15-14-24(22-12-8-9-13-23(22)25)29-27(32)21-11-7-6-10-18(21)2/h6-15,19-20,26,30H,5,16-17H2,1-4H3,(H,29,32)/t19-,20+,26+. The van der Waals surface area contributed by atoms with Crippen molar-refractivity contribution < 1.29 is 22.7 Å². The zero-order chi connectivity index (χ0) is 26.7. The van der Waals surface area contributed by atoms with Gasteiger partial charge in [0.15, 0.2) is 0 Å². The Morgan fingerprint density at radius 1 is 0.946 bits per heavy atom. The van der Waals surface area contributed by atoms with E-state index in [4.69, 9.17) is 4.74 Å². The summed E-state index contributed by atoms with van der Waals surface area (Å²) in [5.74, 6) is -0.475. The number of ether oxygens (including phenoxy) is 1. The van der Waals surface area contributed by atoms with Gasteiger partial charge in [-0.05, 0) is 49.4 Å². The lowest BCUT2D eigenvalue weighted by molar-refractivity contribution is 0.0680. The molecule has 0 unspecified atom stereocenters. The minimum Gasteiger partial charge on any atom is -0.450 e. The maximum absolute atomic E-state index is 13.6. The van der Waals surface area contributed by atoms with Crippen LogP contribution in [0.3, 0.4) is 0 Å². The summed E-state index contributed by atoms with van der Waals surface area (Å²) < 4.78 is 35.3. The highest BCUT2D eigenvalue weighted by molar-refractivity contribution is 7.89. The molecule has 3 atom stereocenters. The number of carbonyl (C=O) groups is 2. The van der Waals surface area contributed by atoms with Crippen LogP contribution < -0.4 is 10.0 Å². The number of nitrogens with zero attached hydrogens (tertiary/aromatic N) is 1. The van der Waals surface area contributed by atoms with Crippen molar-refractivity contribution in [3.8, 4) is 0 Å². The van der Waals surface area contributed by atoms with Crippen LogP contribution in [-0.4, -0.2) is 51.1 Å². The summed E-state index contributed by atoms with van der Waals surface area (Å²) in [7, 11) is -3.90. The Kier molecular flexibility index (Phi) is 7.85. The van der Waals surface area contributed by atoms with E-state index < -0.39 is 10.0 Å². The predicted molar refractivity (Wildman–Crippen MR) is 144 cm³/mol. The van der Waals surface area contributed by atoms with Crippen molar-refractivity contribution in [3.63, 3.8) is 0 Å². The molecular weight excluding hydrogens is 490 g/mol. The van der Waals surface area contributed by atoms with Crippen molar-refractivity contribution in [3.05, 3.63) is 71.8 Å². The molecule has 1 aliphatic rings. The molecule has 1 heterocycles. The number of hydrogen-bond donors (Lipinski definition) is 2. The molecule has 0 saturated carbocycles. The first-order valence-corrected chi connectivity index (χ1v) is 13.9. The summed E-state index contributed by atoms with van der Waals surface area (Å²) >= 11 is 0. The monoisotopic (exact) mass is 523 g/mol. The summed E-state index contributed by atoms with van der Waals surface area (Å²) in [4.78, 5) is 26.9. The molecular formula is C28H33N3O5S. The van der Waals surface area contributed by atoms with Gasteiger partial charge in [-0.2, -0.15) is 0 Å². The van der Waals surface area contributed by atoms with Gasteiger partial charge >= 0.3 is 6.09 Å². The van der Waals surface area contributed by atoms with E-state index >= 15 is 0 Å². The third kappa shape index (κ3) is 5.62. The molecule has 37 heavy (non-hydrogen) atoms. The zero-order valence-corrected chi connectivity index (χ0v) is 22.3. The summed E-state index contributed by atoms with van der Waals surface area (Å²) in [5, 5.41) is 4.08. The largest absolute Gasteiger partial charge is 0.450 e. The van der Waals surface area contributed by atoms with Crippen LogP contribution in [0.15, 0.2) is 65.6 Å². The quantitative estimate of drug-likeness (QED) is 0.483. The minimum absolute atomic E-state index is 0.109. The van der Waals surface area contributed by atoms with Gasteiger partial charge in [0.25, 0.3) is 5.91 Å². The number of benzene rings is 3. The fourth-order valence-electron chi connectivity index (χ4n) is 5.03. The van der Waals surface area contributed by atoms with E-state index in [-0.39, 0.29) is 34.8 Å². The number of likely N-dealkylation sites (tertiary alicyclic amines) is 1. The van der Waals surface area contributed by atoms with Crippen molar-refractivity contribution >= 4 is 38.5 Å². The van der Waals surface area contributed by atoms with E-state index in [0.717, 1.165) is 5.56 Å². The van der Waals surface area contributed by atoms with Gasteiger partial charge in [-0.15, -0.1) is 0 Å². The molecule has 9 heteroatoms. The topological polar surface area (TPSA) is 105 Å². The SMILES string of the molecule is CCOC(=O)N1C[C@@H](C)[C@H](NS(=O)(=O)c2ccc(NC(=O)c3ccccc3C)c3ccccc23)[C@@H](C)C1. The van der Waals surface area contributed by atoms with Crippen LogP contribution in [0.2, 0.25) is 0 Å². The maximum Gasteiger partial charge on any atom is 0.409 e. The number of fused-ring (bicyclic) bond motifs is 1. The highest BCUT2D eigenvalue weighted by atomic mass is 32.2. The van der Waals surface area contributed by atoms with Crippen molar-refractivity contribution in [2.24, 2.45) is 11.8 Å². The highest BCUT2D eigenvalue weighted by Gasteiger charge is 2.37. The average Bonchev–Trinajstić information content (AvgIpc) is 2.86. The first-order chi connectivity index (χ1) is 17.6. The molecule has 2 N–H and O–H groups in total. The van der Waals surface area contributed by atoms with Crippen LogP contribution in [0.4, 0.5) is 10.5 Å². The molecule has 1 aliphatic heterocycles. The van der Waals surface area contributed by atoms with Crippen LogP contribution in [-0.2, 0) is 14.8 Å². The number of amides is 2. The lowest BCUT2D eigenvalue weighted by Gasteiger charge is -2.40. The molecule has 1 saturated heterocycles. The van der Waals surface area contributed by atoms with Crippen LogP contribution in [0.1, 0.15) is 36.7 Å². The van der Waals surface area contributed by atoms with Gasteiger partial charge in [-0.3, -0.25) is 4.79 Å². The van der Waals surface area contributed by atoms with Gasteiger partial charge < -0.3 is 15.0 Å². The summed E-state index contributed by atoms with van der Waals surface area (Å²) in [6.07, 6.45) is -0.378. The zero-order valence-electron chi connectivity index (χ0n) is 21.5. The molecule has 4 rings (SSSR count). The number of rotatable bonds is 6. The summed E-state index contributed by atoms with van der Waals surface area (Å²) in [6.45, 7) is 8.59. The molecule has 1 fully saturated rings. The molecule has 0 aliphatic carbocycles. The first-order valence-electron chi connectivity index (χ1n) is 12.4. The molecule has 0 radical (unpaired) electrons. The van der Waals surface area contributed by atoms with Gasteiger partial charge in [-0.25, -0.2) is 17.9 Å². The van der Waals surface area contributed by atoms with Gasteiger partial charge in [0.2, 0.25) is 10.0 Å². The van der Waals surface area contributed by atoms with E-state index in [0.29, 0.717) is 41.7 Å². The normalized spacial score (nSPS) is 20.0. The first kappa shape index (κ1) is 26.6. The predicted octanol–water partition coefficient (Wildman–Crippen LogP) is 4.79. The average molecular weight is 524 g/mol. The Morgan fingerprint density at radius 3 is 2.22 bits per heavy atom. The number of anilines is 1. The number of hydrogen-bond acceptors (Lipinski definition) is 5. The van der Waals surface area contributed by atoms with E-state index in [1.54, 1.807) is 48.2 Å². The molecule has 0 bridgehead atoms. The number of sulfonamides is 1. The van der Waals surface area contributed by atoms with Crippen LogP contribution in [0, 0.1) is 18.8 Å². The number of piperidine rings is 1. The lowest BCUT2D eigenvalue weighted by atomic mass is 9.87. The van der Waals surface area contributed by atoms with E-state index in [1.165, 1.54) is 6.07 Å². The third-order valence-corrected chi connectivity index (χ3v) is 8.39. The summed E-state index contributed by atoms with van der Waals surface area (Å²) in [6, 6.07) is 17.2. The van der Waals surface area contributed by atoms with Crippen molar-refractivity contribution in [2.45, 2.75) is 38.6 Å². The second-order valence-electron chi connectivity index (χ2n) is 9.63. The lowest BCUT2D eigenvalue weighted by Crippen LogP contribution is -2.56. The van der Waals surface area contributed by atoms with Gasteiger partial charge in [-0.1, -0.05) is 56.3 Å². The van der Waals surface area contributed by atoms with Crippen molar-refractivity contribution in [2.75, 3.05) is 25.0 Å².